The number of aliphatic hydroxyl groups is 1. The van der Waals surface area contributed by atoms with Gasteiger partial charge in [0.1, 0.15) is 12.2 Å². The second-order valence-corrected chi connectivity index (χ2v) is 5.70. The summed E-state index contributed by atoms with van der Waals surface area (Å²) in [6, 6.07) is 21.3. The molecule has 0 bridgehead atoms. The first-order valence-electron chi connectivity index (χ1n) is 8.19. The lowest BCUT2D eigenvalue weighted by molar-refractivity contribution is -0.0923. The predicted molar refractivity (Wildman–Crippen MR) is 92.6 cm³/mol. The molecular formula is C20H21NO4. The molecule has 0 fully saturated rings. The van der Waals surface area contributed by atoms with E-state index in [0.29, 0.717) is 19.0 Å². The van der Waals surface area contributed by atoms with E-state index in [4.69, 9.17) is 14.0 Å². The number of nitrogens with zero attached hydrogens (tertiary/aromatic N) is 1. The third kappa shape index (κ3) is 5.26. The summed E-state index contributed by atoms with van der Waals surface area (Å²) in [6.45, 7) is 0.927. The fourth-order valence-electron chi connectivity index (χ4n) is 2.47. The molecule has 3 rings (SSSR count). The van der Waals surface area contributed by atoms with E-state index >= 15 is 0 Å². The van der Waals surface area contributed by atoms with Crippen LogP contribution in [-0.2, 0) is 22.7 Å². The lowest BCUT2D eigenvalue weighted by Crippen LogP contribution is -2.26. The number of rotatable bonds is 9. The average Bonchev–Trinajstić information content (AvgIpc) is 3.18. The standard InChI is InChI=1S/C20H21NO4/c22-18(15-23-13-16-7-3-1-4-8-16)20(19-11-12-21-25-19)24-14-17-9-5-2-6-10-17/h1-12,18,20,22H,13-15H2/t18-,20+/m1/s1. The van der Waals surface area contributed by atoms with Crippen LogP contribution < -0.4 is 0 Å². The molecule has 0 aliphatic carbocycles. The van der Waals surface area contributed by atoms with Crippen LogP contribution in [0, 0.1) is 0 Å². The van der Waals surface area contributed by atoms with E-state index in [1.807, 2.05) is 60.7 Å². The van der Waals surface area contributed by atoms with Crippen molar-refractivity contribution in [1.82, 2.24) is 5.16 Å². The summed E-state index contributed by atoms with van der Waals surface area (Å²) in [6.07, 6.45) is 0.0324. The maximum atomic E-state index is 10.5. The van der Waals surface area contributed by atoms with E-state index in [0.717, 1.165) is 11.1 Å². The summed E-state index contributed by atoms with van der Waals surface area (Å²) in [5.74, 6) is 0.478. The van der Waals surface area contributed by atoms with Gasteiger partial charge in [-0.15, -0.1) is 0 Å². The Kier molecular flexibility index (Phi) is 6.34. The Balaban J connectivity index is 1.56. The molecule has 0 unspecified atom stereocenters. The van der Waals surface area contributed by atoms with Gasteiger partial charge in [-0.25, -0.2) is 0 Å². The monoisotopic (exact) mass is 339 g/mol. The van der Waals surface area contributed by atoms with Gasteiger partial charge in [0.15, 0.2) is 5.76 Å². The van der Waals surface area contributed by atoms with Crippen molar-refractivity contribution in [3.05, 3.63) is 89.8 Å². The number of ether oxygens (including phenoxy) is 2. The molecule has 130 valence electrons. The van der Waals surface area contributed by atoms with Gasteiger partial charge in [0.05, 0.1) is 26.0 Å². The van der Waals surface area contributed by atoms with E-state index in [1.165, 1.54) is 6.20 Å². The number of hydrogen-bond acceptors (Lipinski definition) is 5. The largest absolute Gasteiger partial charge is 0.387 e. The van der Waals surface area contributed by atoms with Crippen LogP contribution in [0.4, 0.5) is 0 Å². The molecule has 0 amide bonds. The van der Waals surface area contributed by atoms with Crippen LogP contribution in [0.3, 0.4) is 0 Å². The molecule has 0 spiro atoms. The molecule has 0 saturated heterocycles. The van der Waals surface area contributed by atoms with Crippen LogP contribution in [-0.4, -0.2) is 23.0 Å². The Morgan fingerprint density at radius 1 is 0.880 bits per heavy atom. The molecule has 0 aliphatic heterocycles. The van der Waals surface area contributed by atoms with Crippen LogP contribution in [0.5, 0.6) is 0 Å². The van der Waals surface area contributed by atoms with E-state index in [-0.39, 0.29) is 6.61 Å². The average molecular weight is 339 g/mol. The lowest BCUT2D eigenvalue weighted by Gasteiger charge is -2.21. The maximum absolute atomic E-state index is 10.5. The second-order valence-electron chi connectivity index (χ2n) is 5.70. The Labute approximate surface area is 146 Å². The number of hydrogen-bond donors (Lipinski definition) is 1. The van der Waals surface area contributed by atoms with Crippen molar-refractivity contribution in [2.45, 2.75) is 25.4 Å². The van der Waals surface area contributed by atoms with E-state index in [9.17, 15) is 5.11 Å². The molecule has 1 N–H and O–H groups in total. The quantitative estimate of drug-likeness (QED) is 0.646. The van der Waals surface area contributed by atoms with Crippen molar-refractivity contribution in [2.75, 3.05) is 6.61 Å². The molecule has 1 heterocycles. The maximum Gasteiger partial charge on any atom is 0.168 e. The van der Waals surface area contributed by atoms with Gasteiger partial charge in [-0.2, -0.15) is 0 Å². The summed E-state index contributed by atoms with van der Waals surface area (Å²) in [7, 11) is 0. The predicted octanol–water partition coefficient (Wildman–Crippen LogP) is 3.51. The highest BCUT2D eigenvalue weighted by Crippen LogP contribution is 2.23. The highest BCUT2D eigenvalue weighted by Gasteiger charge is 2.25. The van der Waals surface area contributed by atoms with Crippen molar-refractivity contribution in [1.29, 1.82) is 0 Å². The molecule has 1 aromatic heterocycles. The molecule has 5 heteroatoms. The molecular weight excluding hydrogens is 318 g/mol. The molecule has 25 heavy (non-hydrogen) atoms. The van der Waals surface area contributed by atoms with E-state index in [2.05, 4.69) is 5.16 Å². The summed E-state index contributed by atoms with van der Waals surface area (Å²) in [5, 5.41) is 14.2. The van der Waals surface area contributed by atoms with Gasteiger partial charge >= 0.3 is 0 Å². The zero-order chi connectivity index (χ0) is 17.3. The third-order valence-electron chi connectivity index (χ3n) is 3.76. The number of benzene rings is 2. The van der Waals surface area contributed by atoms with Crippen molar-refractivity contribution < 1.29 is 19.1 Å². The Hall–Kier alpha value is -2.47. The van der Waals surface area contributed by atoms with Gasteiger partial charge in [0.25, 0.3) is 0 Å². The normalized spacial score (nSPS) is 13.5. The van der Waals surface area contributed by atoms with E-state index in [1.54, 1.807) is 6.07 Å². The van der Waals surface area contributed by atoms with Crippen LogP contribution in [0.1, 0.15) is 23.0 Å². The zero-order valence-electron chi connectivity index (χ0n) is 13.8. The van der Waals surface area contributed by atoms with Gasteiger partial charge in [0.2, 0.25) is 0 Å². The van der Waals surface area contributed by atoms with Crippen molar-refractivity contribution in [2.24, 2.45) is 0 Å². The summed E-state index contributed by atoms with van der Waals surface area (Å²) < 4.78 is 16.7. The molecule has 0 saturated carbocycles. The highest BCUT2D eigenvalue weighted by atomic mass is 16.5. The van der Waals surface area contributed by atoms with Crippen molar-refractivity contribution in [3.63, 3.8) is 0 Å². The Morgan fingerprint density at radius 2 is 1.52 bits per heavy atom. The molecule has 3 aromatic rings. The van der Waals surface area contributed by atoms with Gasteiger partial charge in [-0.3, -0.25) is 0 Å². The number of aromatic nitrogens is 1. The smallest absolute Gasteiger partial charge is 0.168 e. The van der Waals surface area contributed by atoms with Gasteiger partial charge < -0.3 is 19.1 Å². The van der Waals surface area contributed by atoms with Gasteiger partial charge in [0, 0.05) is 6.07 Å². The number of aliphatic hydroxyl groups excluding tert-OH is 1. The van der Waals surface area contributed by atoms with Crippen LogP contribution in [0.25, 0.3) is 0 Å². The van der Waals surface area contributed by atoms with Crippen LogP contribution >= 0.6 is 0 Å². The minimum atomic E-state index is -0.861. The molecule has 0 radical (unpaired) electrons. The van der Waals surface area contributed by atoms with Gasteiger partial charge in [-0.05, 0) is 11.1 Å². The Bertz CT molecular complexity index is 716. The third-order valence-corrected chi connectivity index (χ3v) is 3.76. The van der Waals surface area contributed by atoms with Crippen molar-refractivity contribution in [3.8, 4) is 0 Å². The first-order chi connectivity index (χ1) is 12.3. The minimum Gasteiger partial charge on any atom is -0.387 e. The first-order valence-corrected chi connectivity index (χ1v) is 8.19. The summed E-state index contributed by atoms with van der Waals surface area (Å²) >= 11 is 0. The minimum absolute atomic E-state index is 0.134. The lowest BCUT2D eigenvalue weighted by atomic mass is 10.1. The highest BCUT2D eigenvalue weighted by molar-refractivity contribution is 5.14. The van der Waals surface area contributed by atoms with Crippen LogP contribution in [0.2, 0.25) is 0 Å². The molecule has 2 atom stereocenters. The summed E-state index contributed by atoms with van der Waals surface area (Å²) in [5.41, 5.74) is 2.07. The SMILES string of the molecule is O[C@H](COCc1ccccc1)[C@H](OCc1ccccc1)c1ccno1. The molecule has 2 aromatic carbocycles. The summed E-state index contributed by atoms with van der Waals surface area (Å²) in [4.78, 5) is 0. The van der Waals surface area contributed by atoms with Crippen LogP contribution in [0.15, 0.2) is 77.4 Å². The first kappa shape index (κ1) is 17.4. The second kappa shape index (κ2) is 9.13. The van der Waals surface area contributed by atoms with Crippen molar-refractivity contribution >= 4 is 0 Å². The van der Waals surface area contributed by atoms with E-state index < -0.39 is 12.2 Å². The Morgan fingerprint density at radius 3 is 2.12 bits per heavy atom. The molecule has 5 nitrogen and oxygen atoms in total. The molecule has 0 aliphatic rings. The zero-order valence-corrected chi connectivity index (χ0v) is 13.8. The topological polar surface area (TPSA) is 64.7 Å². The fraction of sp³-hybridized carbons (Fsp3) is 0.250. The fourth-order valence-corrected chi connectivity index (χ4v) is 2.47. The van der Waals surface area contributed by atoms with Gasteiger partial charge in [-0.1, -0.05) is 65.8 Å².